The molecule has 26 heavy (non-hydrogen) atoms. The fraction of sp³-hybridized carbons (Fsp3) is 0.409. The van der Waals surface area contributed by atoms with Gasteiger partial charge in [-0.05, 0) is 68.5 Å². The first kappa shape index (κ1) is 18.3. The van der Waals surface area contributed by atoms with E-state index in [9.17, 15) is 4.79 Å². The van der Waals surface area contributed by atoms with Gasteiger partial charge in [0.15, 0.2) is 0 Å². The number of hydrogen-bond donors (Lipinski definition) is 2. The summed E-state index contributed by atoms with van der Waals surface area (Å²) in [6.07, 6.45) is 2.52. The fourth-order valence-corrected chi connectivity index (χ4v) is 3.30. The molecule has 1 saturated heterocycles. The molecule has 1 atom stereocenters. The summed E-state index contributed by atoms with van der Waals surface area (Å²) in [7, 11) is 0. The maximum atomic E-state index is 12.4. The van der Waals surface area contributed by atoms with Gasteiger partial charge in [-0.1, -0.05) is 25.1 Å². The molecule has 0 bridgehead atoms. The minimum atomic E-state index is -0.309. The first-order chi connectivity index (χ1) is 12.5. The molecule has 4 nitrogen and oxygen atoms in total. The van der Waals surface area contributed by atoms with E-state index in [1.165, 1.54) is 18.5 Å². The average Bonchev–Trinajstić information content (AvgIpc) is 2.65. The number of benzene rings is 2. The van der Waals surface area contributed by atoms with Crippen molar-refractivity contribution in [2.45, 2.75) is 39.7 Å². The predicted octanol–water partition coefficient (Wildman–Crippen LogP) is 4.67. The topological polar surface area (TPSA) is 44.4 Å². The Kier molecular flexibility index (Phi) is 5.82. The van der Waals surface area contributed by atoms with Gasteiger partial charge in [0.05, 0.1) is 0 Å². The first-order valence-corrected chi connectivity index (χ1v) is 9.51. The molecule has 0 radical (unpaired) electrons. The summed E-state index contributed by atoms with van der Waals surface area (Å²) in [6.45, 7) is 8.46. The molecule has 3 rings (SSSR count). The number of nitrogens with one attached hydrogen (secondary N) is 2. The third-order valence-corrected chi connectivity index (χ3v) is 5.20. The predicted molar refractivity (Wildman–Crippen MR) is 110 cm³/mol. The molecule has 1 aliphatic heterocycles. The minimum Gasteiger partial charge on any atom is -0.374 e. The number of piperidine rings is 1. The van der Waals surface area contributed by atoms with Crippen molar-refractivity contribution in [1.82, 2.24) is 0 Å². The molecule has 0 spiro atoms. The molecule has 138 valence electrons. The SMILES string of the molecule is Cc1ccccc1NC(=O)[C@H](C)Nc1ccc(N2CCC(C)CC2)cc1. The lowest BCUT2D eigenvalue weighted by Gasteiger charge is -2.32. The van der Waals surface area contributed by atoms with E-state index < -0.39 is 0 Å². The Morgan fingerprint density at radius 3 is 2.38 bits per heavy atom. The van der Waals surface area contributed by atoms with E-state index in [4.69, 9.17) is 0 Å². The Morgan fingerprint density at radius 1 is 1.08 bits per heavy atom. The minimum absolute atomic E-state index is 0.0339. The molecular formula is C22H29N3O. The van der Waals surface area contributed by atoms with Gasteiger partial charge < -0.3 is 15.5 Å². The van der Waals surface area contributed by atoms with Crippen molar-refractivity contribution >= 4 is 23.0 Å². The lowest BCUT2D eigenvalue weighted by atomic mass is 9.99. The van der Waals surface area contributed by atoms with Crippen LogP contribution in [0.1, 0.15) is 32.3 Å². The van der Waals surface area contributed by atoms with Gasteiger partial charge in [0.1, 0.15) is 6.04 Å². The van der Waals surface area contributed by atoms with E-state index >= 15 is 0 Å². The van der Waals surface area contributed by atoms with Crippen LogP contribution in [0.3, 0.4) is 0 Å². The van der Waals surface area contributed by atoms with Crippen LogP contribution in [-0.2, 0) is 4.79 Å². The van der Waals surface area contributed by atoms with Crippen molar-refractivity contribution in [1.29, 1.82) is 0 Å². The van der Waals surface area contributed by atoms with Gasteiger partial charge in [-0.2, -0.15) is 0 Å². The summed E-state index contributed by atoms with van der Waals surface area (Å²) in [5.74, 6) is 0.799. The summed E-state index contributed by atoms with van der Waals surface area (Å²) < 4.78 is 0. The highest BCUT2D eigenvalue weighted by Gasteiger charge is 2.17. The van der Waals surface area contributed by atoms with E-state index in [-0.39, 0.29) is 11.9 Å². The highest BCUT2D eigenvalue weighted by atomic mass is 16.2. The summed E-state index contributed by atoms with van der Waals surface area (Å²) in [5, 5.41) is 6.28. The number of para-hydroxylation sites is 1. The summed E-state index contributed by atoms with van der Waals surface area (Å²) in [6, 6.07) is 15.9. The van der Waals surface area contributed by atoms with Crippen molar-refractivity contribution in [2.24, 2.45) is 5.92 Å². The summed E-state index contributed by atoms with van der Waals surface area (Å²) in [5.41, 5.74) is 4.15. The summed E-state index contributed by atoms with van der Waals surface area (Å²) in [4.78, 5) is 14.9. The van der Waals surface area contributed by atoms with Gasteiger partial charge >= 0.3 is 0 Å². The van der Waals surface area contributed by atoms with Crippen LogP contribution in [0.15, 0.2) is 48.5 Å². The zero-order chi connectivity index (χ0) is 18.5. The van der Waals surface area contributed by atoms with Gasteiger partial charge in [-0.15, -0.1) is 0 Å². The number of hydrogen-bond acceptors (Lipinski definition) is 3. The van der Waals surface area contributed by atoms with Crippen molar-refractivity contribution in [3.8, 4) is 0 Å². The van der Waals surface area contributed by atoms with Crippen LogP contribution in [0.5, 0.6) is 0 Å². The molecule has 1 fully saturated rings. The van der Waals surface area contributed by atoms with Gasteiger partial charge in [-0.3, -0.25) is 4.79 Å². The number of carbonyl (C=O) groups is 1. The third-order valence-electron chi connectivity index (χ3n) is 5.20. The second-order valence-corrected chi connectivity index (χ2v) is 7.39. The quantitative estimate of drug-likeness (QED) is 0.823. The van der Waals surface area contributed by atoms with Crippen molar-refractivity contribution in [2.75, 3.05) is 28.6 Å². The van der Waals surface area contributed by atoms with Crippen LogP contribution in [0.2, 0.25) is 0 Å². The summed E-state index contributed by atoms with van der Waals surface area (Å²) >= 11 is 0. The van der Waals surface area contributed by atoms with Crippen molar-refractivity contribution < 1.29 is 4.79 Å². The molecule has 0 aliphatic carbocycles. The number of carbonyl (C=O) groups excluding carboxylic acids is 1. The van der Waals surface area contributed by atoms with Crippen LogP contribution in [-0.4, -0.2) is 25.0 Å². The van der Waals surface area contributed by atoms with E-state index in [0.717, 1.165) is 35.9 Å². The maximum Gasteiger partial charge on any atom is 0.246 e. The molecule has 0 saturated carbocycles. The molecule has 1 amide bonds. The second kappa shape index (κ2) is 8.26. The van der Waals surface area contributed by atoms with Crippen LogP contribution in [0.4, 0.5) is 17.1 Å². The van der Waals surface area contributed by atoms with Crippen LogP contribution in [0.25, 0.3) is 0 Å². The molecule has 0 unspecified atom stereocenters. The zero-order valence-corrected chi connectivity index (χ0v) is 16.0. The van der Waals surface area contributed by atoms with Crippen molar-refractivity contribution in [3.63, 3.8) is 0 Å². The standard InChI is InChI=1S/C22H29N3O/c1-16-12-14-25(15-13-16)20-10-8-19(9-11-20)23-18(3)22(26)24-21-7-5-4-6-17(21)2/h4-11,16,18,23H,12-15H2,1-3H3,(H,24,26)/t18-/m0/s1. The molecule has 2 aromatic carbocycles. The second-order valence-electron chi connectivity index (χ2n) is 7.39. The lowest BCUT2D eigenvalue weighted by molar-refractivity contribution is -0.116. The first-order valence-electron chi connectivity index (χ1n) is 9.51. The highest BCUT2D eigenvalue weighted by molar-refractivity contribution is 5.96. The molecule has 2 N–H and O–H groups in total. The third kappa shape index (κ3) is 4.57. The Labute approximate surface area is 156 Å². The Hall–Kier alpha value is -2.49. The Balaban J connectivity index is 1.56. The Bertz CT molecular complexity index is 733. The maximum absolute atomic E-state index is 12.4. The average molecular weight is 351 g/mol. The van der Waals surface area contributed by atoms with E-state index in [1.54, 1.807) is 0 Å². The Morgan fingerprint density at radius 2 is 1.73 bits per heavy atom. The number of anilines is 3. The van der Waals surface area contributed by atoms with Gasteiger partial charge in [0.25, 0.3) is 0 Å². The van der Waals surface area contributed by atoms with Crippen LogP contribution in [0, 0.1) is 12.8 Å². The van der Waals surface area contributed by atoms with Crippen LogP contribution < -0.4 is 15.5 Å². The molecular weight excluding hydrogens is 322 g/mol. The van der Waals surface area contributed by atoms with Gasteiger partial charge in [0, 0.05) is 30.2 Å². The lowest BCUT2D eigenvalue weighted by Crippen LogP contribution is -2.33. The molecule has 0 aromatic heterocycles. The monoisotopic (exact) mass is 351 g/mol. The van der Waals surface area contributed by atoms with E-state index in [2.05, 4.69) is 46.7 Å². The molecule has 2 aromatic rings. The van der Waals surface area contributed by atoms with E-state index in [1.807, 2.05) is 38.1 Å². The smallest absolute Gasteiger partial charge is 0.246 e. The normalized spacial score (nSPS) is 16.2. The number of aryl methyl sites for hydroxylation is 1. The van der Waals surface area contributed by atoms with Gasteiger partial charge in [0.2, 0.25) is 5.91 Å². The largest absolute Gasteiger partial charge is 0.374 e. The molecule has 1 aliphatic rings. The zero-order valence-electron chi connectivity index (χ0n) is 16.0. The van der Waals surface area contributed by atoms with Crippen molar-refractivity contribution in [3.05, 3.63) is 54.1 Å². The number of amides is 1. The number of rotatable bonds is 5. The van der Waals surface area contributed by atoms with Gasteiger partial charge in [-0.25, -0.2) is 0 Å². The van der Waals surface area contributed by atoms with E-state index in [0.29, 0.717) is 0 Å². The fourth-order valence-electron chi connectivity index (χ4n) is 3.30. The molecule has 1 heterocycles. The van der Waals surface area contributed by atoms with Crippen LogP contribution >= 0.6 is 0 Å². The molecule has 4 heteroatoms. The number of nitrogens with zero attached hydrogens (tertiary/aromatic N) is 1. The highest BCUT2D eigenvalue weighted by Crippen LogP contribution is 2.24.